The lowest BCUT2D eigenvalue weighted by molar-refractivity contribution is -0.175. The van der Waals surface area contributed by atoms with Gasteiger partial charge in [0.05, 0.1) is 0 Å². The molecule has 0 aromatic rings. The van der Waals surface area contributed by atoms with Gasteiger partial charge in [-0.15, -0.1) is 0 Å². The molecule has 1 fully saturated rings. The van der Waals surface area contributed by atoms with Gasteiger partial charge in [0.1, 0.15) is 18.3 Å². The minimum Gasteiger partial charge on any atom is -0.387 e. The maximum Gasteiger partial charge on any atom is 0.195 e. The number of rotatable bonds is 0. The van der Waals surface area contributed by atoms with Crippen molar-refractivity contribution in [2.75, 3.05) is 0 Å². The van der Waals surface area contributed by atoms with E-state index in [9.17, 15) is 4.79 Å². The number of aliphatic hydroxyl groups excluding tert-OH is 3. The standard InChI is InChI=1S/C4H6O4/c5-1-2(6)4(8)3(1)7/h1-3,5-7H. The molecule has 1 saturated carbocycles. The van der Waals surface area contributed by atoms with Crippen LogP contribution >= 0.6 is 0 Å². The van der Waals surface area contributed by atoms with Gasteiger partial charge in [0.25, 0.3) is 0 Å². The Hall–Kier alpha value is -0.450. The molecular formula is C4H6O4. The monoisotopic (exact) mass is 118 g/mol. The molecule has 2 atom stereocenters. The molecule has 0 bridgehead atoms. The van der Waals surface area contributed by atoms with Gasteiger partial charge < -0.3 is 15.3 Å². The van der Waals surface area contributed by atoms with Crippen LogP contribution in [0.3, 0.4) is 0 Å². The average Bonchev–Trinajstić information content (AvgIpc) is 1.83. The number of carbonyl (C=O) groups excluding carboxylic acids is 1. The first-order valence-corrected chi connectivity index (χ1v) is 2.22. The highest BCUT2D eigenvalue weighted by Crippen LogP contribution is 2.15. The van der Waals surface area contributed by atoms with Gasteiger partial charge in [-0.05, 0) is 0 Å². The fourth-order valence-electron chi connectivity index (χ4n) is 0.566. The molecule has 4 nitrogen and oxygen atoms in total. The van der Waals surface area contributed by atoms with Crippen molar-refractivity contribution in [3.63, 3.8) is 0 Å². The van der Waals surface area contributed by atoms with Crippen LogP contribution in [-0.4, -0.2) is 39.4 Å². The van der Waals surface area contributed by atoms with Crippen LogP contribution in [0.4, 0.5) is 0 Å². The Morgan fingerprint density at radius 1 is 1.12 bits per heavy atom. The topological polar surface area (TPSA) is 77.8 Å². The van der Waals surface area contributed by atoms with Crippen molar-refractivity contribution >= 4 is 5.78 Å². The average molecular weight is 118 g/mol. The lowest BCUT2D eigenvalue weighted by Gasteiger charge is -2.31. The van der Waals surface area contributed by atoms with E-state index < -0.39 is 24.1 Å². The summed E-state index contributed by atoms with van der Waals surface area (Å²) in [7, 11) is 0. The van der Waals surface area contributed by atoms with Gasteiger partial charge in [-0.3, -0.25) is 4.79 Å². The summed E-state index contributed by atoms with van der Waals surface area (Å²) in [5.74, 6) is -0.697. The van der Waals surface area contributed by atoms with Crippen LogP contribution in [0, 0.1) is 0 Å². The summed E-state index contributed by atoms with van der Waals surface area (Å²) >= 11 is 0. The third kappa shape index (κ3) is 0.475. The zero-order chi connectivity index (χ0) is 6.31. The molecule has 1 rings (SSSR count). The van der Waals surface area contributed by atoms with Crippen LogP contribution in [0.2, 0.25) is 0 Å². The van der Waals surface area contributed by atoms with Gasteiger partial charge in [-0.1, -0.05) is 0 Å². The molecule has 0 aliphatic heterocycles. The molecule has 0 saturated heterocycles. The van der Waals surface area contributed by atoms with Crippen molar-refractivity contribution in [3.8, 4) is 0 Å². The van der Waals surface area contributed by atoms with E-state index in [1.807, 2.05) is 0 Å². The van der Waals surface area contributed by atoms with E-state index in [0.717, 1.165) is 0 Å². The van der Waals surface area contributed by atoms with Crippen LogP contribution in [-0.2, 0) is 4.79 Å². The lowest BCUT2D eigenvalue weighted by atomic mass is 9.87. The van der Waals surface area contributed by atoms with Gasteiger partial charge in [-0.2, -0.15) is 0 Å². The van der Waals surface area contributed by atoms with Gasteiger partial charge >= 0.3 is 0 Å². The molecule has 0 aromatic heterocycles. The van der Waals surface area contributed by atoms with E-state index >= 15 is 0 Å². The second-order valence-electron chi connectivity index (χ2n) is 1.78. The van der Waals surface area contributed by atoms with Crippen LogP contribution in [0.25, 0.3) is 0 Å². The number of aliphatic hydroxyl groups is 3. The third-order valence-electron chi connectivity index (χ3n) is 1.23. The van der Waals surface area contributed by atoms with E-state index in [2.05, 4.69) is 0 Å². The summed E-state index contributed by atoms with van der Waals surface area (Å²) in [4.78, 5) is 10.1. The highest BCUT2D eigenvalue weighted by molar-refractivity contribution is 5.94. The van der Waals surface area contributed by atoms with Gasteiger partial charge in [0, 0.05) is 0 Å². The highest BCUT2D eigenvalue weighted by Gasteiger charge is 2.46. The van der Waals surface area contributed by atoms with E-state index in [1.54, 1.807) is 0 Å². The molecule has 0 aromatic carbocycles. The Bertz CT molecular complexity index is 109. The highest BCUT2D eigenvalue weighted by atomic mass is 16.4. The second-order valence-corrected chi connectivity index (χ2v) is 1.78. The largest absolute Gasteiger partial charge is 0.387 e. The van der Waals surface area contributed by atoms with Crippen molar-refractivity contribution in [3.05, 3.63) is 0 Å². The summed E-state index contributed by atoms with van der Waals surface area (Å²) in [6.45, 7) is 0. The van der Waals surface area contributed by atoms with Crippen LogP contribution in [0.5, 0.6) is 0 Å². The van der Waals surface area contributed by atoms with Crippen LogP contribution < -0.4 is 0 Å². The molecule has 3 N–H and O–H groups in total. The predicted octanol–water partition coefficient (Wildman–Crippen LogP) is -2.35. The minimum absolute atomic E-state index is 0.697. The molecule has 0 heterocycles. The first kappa shape index (κ1) is 5.68. The Morgan fingerprint density at radius 3 is 1.62 bits per heavy atom. The number of hydrogen-bond acceptors (Lipinski definition) is 4. The molecule has 0 spiro atoms. The van der Waals surface area contributed by atoms with Crippen LogP contribution in [0.1, 0.15) is 0 Å². The number of hydrogen-bond donors (Lipinski definition) is 3. The van der Waals surface area contributed by atoms with Crippen molar-refractivity contribution < 1.29 is 20.1 Å². The second kappa shape index (κ2) is 1.51. The zero-order valence-electron chi connectivity index (χ0n) is 3.98. The fraction of sp³-hybridized carbons (Fsp3) is 0.750. The Labute approximate surface area is 45.4 Å². The van der Waals surface area contributed by atoms with E-state index in [-0.39, 0.29) is 0 Å². The third-order valence-corrected chi connectivity index (χ3v) is 1.23. The SMILES string of the molecule is O=C1C(O)C(O)C1O. The van der Waals surface area contributed by atoms with Gasteiger partial charge in [0.15, 0.2) is 5.78 Å². The summed E-state index contributed by atoms with van der Waals surface area (Å²) in [5, 5.41) is 25.2. The Balaban J connectivity index is 2.55. The van der Waals surface area contributed by atoms with Crippen LogP contribution in [0.15, 0.2) is 0 Å². The molecule has 0 radical (unpaired) electrons. The molecule has 1 aliphatic rings. The maximum atomic E-state index is 10.1. The predicted molar refractivity (Wildman–Crippen MR) is 23.0 cm³/mol. The van der Waals surface area contributed by atoms with Crippen molar-refractivity contribution in [1.82, 2.24) is 0 Å². The minimum atomic E-state index is -1.36. The molecule has 4 heteroatoms. The molecular weight excluding hydrogens is 112 g/mol. The molecule has 2 unspecified atom stereocenters. The first-order valence-electron chi connectivity index (χ1n) is 2.22. The normalized spacial score (nSPS) is 46.4. The van der Waals surface area contributed by atoms with Crippen molar-refractivity contribution in [2.24, 2.45) is 0 Å². The number of carbonyl (C=O) groups is 1. The number of ketones is 1. The van der Waals surface area contributed by atoms with Gasteiger partial charge in [-0.25, -0.2) is 0 Å². The molecule has 1 aliphatic carbocycles. The number of Topliss-reactive ketones (excluding diaryl/α,β-unsaturated/α-hetero) is 1. The van der Waals surface area contributed by atoms with E-state index in [0.29, 0.717) is 0 Å². The Kier molecular flexibility index (Phi) is 1.07. The zero-order valence-corrected chi connectivity index (χ0v) is 3.98. The molecule has 46 valence electrons. The first-order chi connectivity index (χ1) is 3.64. The summed E-state index contributed by atoms with van der Waals surface area (Å²) in [5.41, 5.74) is 0. The maximum absolute atomic E-state index is 10.1. The Morgan fingerprint density at radius 2 is 1.50 bits per heavy atom. The molecule has 8 heavy (non-hydrogen) atoms. The van der Waals surface area contributed by atoms with E-state index in [4.69, 9.17) is 15.3 Å². The smallest absolute Gasteiger partial charge is 0.195 e. The van der Waals surface area contributed by atoms with Crippen molar-refractivity contribution in [1.29, 1.82) is 0 Å². The summed E-state index contributed by atoms with van der Waals surface area (Å²) < 4.78 is 0. The summed E-state index contributed by atoms with van der Waals surface area (Å²) in [6, 6.07) is 0. The lowest BCUT2D eigenvalue weighted by Crippen LogP contribution is -2.60. The summed E-state index contributed by atoms with van der Waals surface area (Å²) in [6.07, 6.45) is -3.97. The van der Waals surface area contributed by atoms with Crippen molar-refractivity contribution in [2.45, 2.75) is 18.3 Å². The van der Waals surface area contributed by atoms with E-state index in [1.165, 1.54) is 0 Å². The molecule has 0 amide bonds. The van der Waals surface area contributed by atoms with Gasteiger partial charge in [0.2, 0.25) is 0 Å². The fourth-order valence-corrected chi connectivity index (χ4v) is 0.566. The quantitative estimate of drug-likeness (QED) is 0.333.